The second-order valence-electron chi connectivity index (χ2n) is 7.21. The molecule has 0 bridgehead atoms. The number of carbonyl (C=O) groups is 1. The molecule has 152 valence electrons. The third-order valence-electron chi connectivity index (χ3n) is 5.29. The van der Waals surface area contributed by atoms with Crippen molar-refractivity contribution in [3.05, 3.63) is 35.5 Å². The van der Waals surface area contributed by atoms with Crippen molar-refractivity contribution in [1.29, 1.82) is 0 Å². The van der Waals surface area contributed by atoms with Crippen molar-refractivity contribution in [3.63, 3.8) is 0 Å². The van der Waals surface area contributed by atoms with Crippen LogP contribution < -0.4 is 4.74 Å². The summed E-state index contributed by atoms with van der Waals surface area (Å²) >= 11 is 0. The lowest BCUT2D eigenvalue weighted by Gasteiger charge is -2.30. The number of piperidine rings is 1. The normalized spacial score (nSPS) is 15.0. The van der Waals surface area contributed by atoms with E-state index in [4.69, 9.17) is 19.2 Å². The fourth-order valence-corrected chi connectivity index (χ4v) is 3.47. The van der Waals surface area contributed by atoms with E-state index in [1.807, 2.05) is 31.2 Å². The van der Waals surface area contributed by atoms with E-state index in [0.29, 0.717) is 19.7 Å². The molecule has 0 atom stereocenters. The summed E-state index contributed by atoms with van der Waals surface area (Å²) < 4.78 is 17.0. The SMILES string of the molecule is CCCCOc1c(C)c(COC(=O)N2CCC(OC)CC2)nc2ccccc12. The van der Waals surface area contributed by atoms with E-state index in [1.54, 1.807) is 12.0 Å². The van der Waals surface area contributed by atoms with E-state index < -0.39 is 0 Å². The number of fused-ring (bicyclic) bond motifs is 1. The van der Waals surface area contributed by atoms with Gasteiger partial charge >= 0.3 is 6.09 Å². The molecule has 28 heavy (non-hydrogen) atoms. The van der Waals surface area contributed by atoms with Gasteiger partial charge in [0.15, 0.2) is 0 Å². The Morgan fingerprint density at radius 1 is 1.25 bits per heavy atom. The average molecular weight is 386 g/mol. The monoisotopic (exact) mass is 386 g/mol. The van der Waals surface area contributed by atoms with Crippen molar-refractivity contribution in [2.75, 3.05) is 26.8 Å². The molecule has 1 aromatic heterocycles. The summed E-state index contributed by atoms with van der Waals surface area (Å²) in [5, 5.41) is 0.993. The largest absolute Gasteiger partial charge is 0.493 e. The smallest absolute Gasteiger partial charge is 0.410 e. The quantitative estimate of drug-likeness (QED) is 0.657. The summed E-state index contributed by atoms with van der Waals surface area (Å²) in [6.45, 7) is 6.25. The lowest BCUT2D eigenvalue weighted by Crippen LogP contribution is -2.40. The minimum atomic E-state index is -0.294. The zero-order valence-electron chi connectivity index (χ0n) is 17.1. The molecule has 1 saturated heterocycles. The first-order valence-electron chi connectivity index (χ1n) is 10.1. The van der Waals surface area contributed by atoms with Crippen LogP contribution in [0.3, 0.4) is 0 Å². The number of aromatic nitrogens is 1. The molecule has 0 spiro atoms. The van der Waals surface area contributed by atoms with Gasteiger partial charge in [0.05, 0.1) is 23.9 Å². The molecule has 6 heteroatoms. The standard InChI is InChI=1S/C22H30N2O4/c1-4-5-14-27-21-16(2)20(23-19-9-7-6-8-18(19)21)15-28-22(25)24-12-10-17(26-3)11-13-24/h6-9,17H,4-5,10-15H2,1-3H3. The van der Waals surface area contributed by atoms with Crippen LogP contribution in [-0.4, -0.2) is 48.9 Å². The second-order valence-corrected chi connectivity index (χ2v) is 7.21. The Bertz CT molecular complexity index is 800. The summed E-state index contributed by atoms with van der Waals surface area (Å²) in [5.74, 6) is 0.839. The van der Waals surface area contributed by atoms with E-state index in [-0.39, 0.29) is 18.8 Å². The average Bonchev–Trinajstić information content (AvgIpc) is 2.74. The Kier molecular flexibility index (Phi) is 7.09. The lowest BCUT2D eigenvalue weighted by molar-refractivity contribution is 0.0314. The third-order valence-corrected chi connectivity index (χ3v) is 5.29. The molecule has 1 aromatic carbocycles. The molecule has 0 saturated carbocycles. The number of methoxy groups -OCH3 is 1. The molecule has 0 N–H and O–H groups in total. The van der Waals surface area contributed by atoms with Gasteiger partial charge in [-0.2, -0.15) is 0 Å². The summed E-state index contributed by atoms with van der Waals surface area (Å²) in [7, 11) is 1.72. The molecule has 0 unspecified atom stereocenters. The Hall–Kier alpha value is -2.34. The summed E-state index contributed by atoms with van der Waals surface area (Å²) in [5.41, 5.74) is 2.53. The van der Waals surface area contributed by atoms with Crippen LogP contribution in [0.5, 0.6) is 5.75 Å². The summed E-state index contributed by atoms with van der Waals surface area (Å²) in [4.78, 5) is 18.9. The van der Waals surface area contributed by atoms with Crippen LogP contribution in [0.1, 0.15) is 43.9 Å². The Balaban J connectivity index is 1.72. The van der Waals surface area contributed by atoms with Gasteiger partial charge < -0.3 is 19.1 Å². The van der Waals surface area contributed by atoms with Crippen LogP contribution in [0.15, 0.2) is 24.3 Å². The number of unbranched alkanes of at least 4 members (excludes halogenated alkanes) is 1. The van der Waals surface area contributed by atoms with Crippen molar-refractivity contribution >= 4 is 17.0 Å². The highest BCUT2D eigenvalue weighted by atomic mass is 16.6. The minimum absolute atomic E-state index is 0.143. The van der Waals surface area contributed by atoms with E-state index in [9.17, 15) is 4.79 Å². The minimum Gasteiger partial charge on any atom is -0.493 e. The fourth-order valence-electron chi connectivity index (χ4n) is 3.47. The Morgan fingerprint density at radius 3 is 2.71 bits per heavy atom. The first kappa shape index (κ1) is 20.4. The number of rotatable bonds is 7. The zero-order chi connectivity index (χ0) is 19.9. The van der Waals surface area contributed by atoms with Crippen molar-refractivity contribution in [2.24, 2.45) is 0 Å². The molecule has 0 aliphatic carbocycles. The molecular formula is C22H30N2O4. The van der Waals surface area contributed by atoms with Crippen LogP contribution in [0.25, 0.3) is 10.9 Å². The van der Waals surface area contributed by atoms with Gasteiger partial charge in [0, 0.05) is 31.1 Å². The van der Waals surface area contributed by atoms with Gasteiger partial charge in [0.25, 0.3) is 0 Å². The van der Waals surface area contributed by atoms with Crippen LogP contribution in [0, 0.1) is 6.92 Å². The molecule has 0 radical (unpaired) electrons. The number of hydrogen-bond acceptors (Lipinski definition) is 5. The molecular weight excluding hydrogens is 356 g/mol. The van der Waals surface area contributed by atoms with Gasteiger partial charge in [-0.05, 0) is 38.3 Å². The van der Waals surface area contributed by atoms with Gasteiger partial charge in [-0.3, -0.25) is 0 Å². The number of likely N-dealkylation sites (tertiary alicyclic amines) is 1. The van der Waals surface area contributed by atoms with Crippen LogP contribution in [0.4, 0.5) is 4.79 Å². The van der Waals surface area contributed by atoms with E-state index in [2.05, 4.69) is 6.92 Å². The van der Waals surface area contributed by atoms with Crippen molar-refractivity contribution < 1.29 is 19.0 Å². The van der Waals surface area contributed by atoms with Crippen molar-refractivity contribution in [3.8, 4) is 5.75 Å². The van der Waals surface area contributed by atoms with Gasteiger partial charge in [0.1, 0.15) is 12.4 Å². The molecule has 1 aliphatic rings. The first-order chi connectivity index (χ1) is 13.6. The predicted molar refractivity (Wildman–Crippen MR) is 109 cm³/mol. The number of benzene rings is 1. The summed E-state index contributed by atoms with van der Waals surface area (Å²) in [6, 6.07) is 7.92. The molecule has 1 amide bonds. The second kappa shape index (κ2) is 9.73. The highest BCUT2D eigenvalue weighted by molar-refractivity contribution is 5.86. The number of ether oxygens (including phenoxy) is 3. The number of para-hydroxylation sites is 1. The molecule has 1 fully saturated rings. The topological polar surface area (TPSA) is 60.9 Å². The Labute approximate surface area is 166 Å². The number of carbonyl (C=O) groups excluding carboxylic acids is 1. The van der Waals surface area contributed by atoms with Crippen LogP contribution >= 0.6 is 0 Å². The highest BCUT2D eigenvalue weighted by Crippen LogP contribution is 2.31. The van der Waals surface area contributed by atoms with Crippen LogP contribution in [-0.2, 0) is 16.1 Å². The maximum Gasteiger partial charge on any atom is 0.410 e. The van der Waals surface area contributed by atoms with E-state index in [1.165, 1.54) is 0 Å². The molecule has 2 aromatic rings. The molecule has 3 rings (SSSR count). The Morgan fingerprint density at radius 2 is 2.00 bits per heavy atom. The van der Waals surface area contributed by atoms with Crippen LogP contribution in [0.2, 0.25) is 0 Å². The maximum atomic E-state index is 12.4. The molecule has 6 nitrogen and oxygen atoms in total. The fraction of sp³-hybridized carbons (Fsp3) is 0.545. The van der Waals surface area contributed by atoms with Gasteiger partial charge in [-0.25, -0.2) is 9.78 Å². The maximum absolute atomic E-state index is 12.4. The first-order valence-corrected chi connectivity index (χ1v) is 10.1. The third kappa shape index (κ3) is 4.73. The van der Waals surface area contributed by atoms with Gasteiger partial charge in [-0.1, -0.05) is 25.5 Å². The number of nitrogens with zero attached hydrogens (tertiary/aromatic N) is 2. The number of hydrogen-bond donors (Lipinski definition) is 0. The van der Waals surface area contributed by atoms with Gasteiger partial charge in [-0.15, -0.1) is 0 Å². The lowest BCUT2D eigenvalue weighted by atomic mass is 10.1. The molecule has 2 heterocycles. The van der Waals surface area contributed by atoms with E-state index >= 15 is 0 Å². The zero-order valence-corrected chi connectivity index (χ0v) is 17.1. The predicted octanol–water partition coefficient (Wildman–Crippen LogP) is 4.47. The molecule has 1 aliphatic heterocycles. The van der Waals surface area contributed by atoms with E-state index in [0.717, 1.165) is 53.6 Å². The van der Waals surface area contributed by atoms with Gasteiger partial charge in [0.2, 0.25) is 0 Å². The number of amides is 1. The highest BCUT2D eigenvalue weighted by Gasteiger charge is 2.24. The van der Waals surface area contributed by atoms with Crippen molar-refractivity contribution in [2.45, 2.75) is 52.2 Å². The number of pyridine rings is 1. The summed E-state index contributed by atoms with van der Waals surface area (Å²) in [6.07, 6.45) is 3.70. The van der Waals surface area contributed by atoms with Crippen molar-refractivity contribution in [1.82, 2.24) is 9.88 Å².